The van der Waals surface area contributed by atoms with Crippen molar-refractivity contribution in [1.82, 2.24) is 19.5 Å². The van der Waals surface area contributed by atoms with Crippen LogP contribution in [0.15, 0.2) is 186 Å². The molecule has 12 aromatic rings. The first-order valence-electron chi connectivity index (χ1n) is 19.0. The number of hydrogen-bond acceptors (Lipinski definition) is 5. The topological polar surface area (TPSA) is 56.7 Å². The molecule has 0 N–H and O–H groups in total. The predicted octanol–water partition coefficient (Wildman–Crippen LogP) is 13.9. The Labute approximate surface area is 330 Å². The van der Waals surface area contributed by atoms with Crippen molar-refractivity contribution in [1.29, 1.82) is 0 Å². The molecule has 4 heterocycles. The van der Waals surface area contributed by atoms with Crippen LogP contribution in [0.4, 0.5) is 0 Å². The van der Waals surface area contributed by atoms with Crippen molar-refractivity contribution in [3.8, 4) is 51.0 Å². The maximum absolute atomic E-state index is 6.60. The van der Waals surface area contributed by atoms with E-state index in [1.54, 1.807) is 0 Å². The number of thiophene rings is 1. The molecule has 0 aliphatic rings. The summed E-state index contributed by atoms with van der Waals surface area (Å²) in [4.78, 5) is 14.7. The van der Waals surface area contributed by atoms with E-state index in [-0.39, 0.29) is 0 Å². The first kappa shape index (κ1) is 31.9. The van der Waals surface area contributed by atoms with Crippen molar-refractivity contribution in [2.24, 2.45) is 0 Å². The van der Waals surface area contributed by atoms with Crippen molar-refractivity contribution >= 4 is 75.3 Å². The van der Waals surface area contributed by atoms with Crippen molar-refractivity contribution in [2.75, 3.05) is 0 Å². The van der Waals surface area contributed by atoms with Gasteiger partial charge in [-0.15, -0.1) is 11.3 Å². The van der Waals surface area contributed by atoms with Gasteiger partial charge in [-0.2, -0.15) is 0 Å². The lowest BCUT2D eigenvalue weighted by Crippen LogP contribution is -2.00. The molecule has 0 amide bonds. The third-order valence-electron chi connectivity index (χ3n) is 11.1. The highest BCUT2D eigenvalue weighted by Gasteiger charge is 2.17. The summed E-state index contributed by atoms with van der Waals surface area (Å²) in [5.74, 6) is 1.86. The number of aromatic nitrogens is 4. The largest absolute Gasteiger partial charge is 0.456 e. The van der Waals surface area contributed by atoms with Gasteiger partial charge in [0.2, 0.25) is 0 Å². The molecule has 12 rings (SSSR count). The molecular formula is C51H30N4OS. The van der Waals surface area contributed by atoms with Gasteiger partial charge in [0.15, 0.2) is 17.5 Å². The van der Waals surface area contributed by atoms with Crippen LogP contribution < -0.4 is 0 Å². The van der Waals surface area contributed by atoms with Gasteiger partial charge in [0, 0.05) is 64.1 Å². The number of para-hydroxylation sites is 2. The molecule has 57 heavy (non-hydrogen) atoms. The van der Waals surface area contributed by atoms with Crippen LogP contribution in [-0.4, -0.2) is 19.5 Å². The van der Waals surface area contributed by atoms with Gasteiger partial charge >= 0.3 is 0 Å². The van der Waals surface area contributed by atoms with Gasteiger partial charge in [-0.1, -0.05) is 115 Å². The van der Waals surface area contributed by atoms with Crippen molar-refractivity contribution in [2.45, 2.75) is 0 Å². The highest BCUT2D eigenvalue weighted by atomic mass is 32.1. The maximum Gasteiger partial charge on any atom is 0.164 e. The van der Waals surface area contributed by atoms with E-state index in [0.717, 1.165) is 55.4 Å². The average Bonchev–Trinajstić information content (AvgIpc) is 3.95. The van der Waals surface area contributed by atoms with Gasteiger partial charge in [0.1, 0.15) is 11.2 Å². The van der Waals surface area contributed by atoms with Gasteiger partial charge in [0.05, 0.1) is 11.0 Å². The smallest absolute Gasteiger partial charge is 0.164 e. The van der Waals surface area contributed by atoms with Crippen LogP contribution in [0, 0.1) is 0 Å². The minimum atomic E-state index is 0.600. The van der Waals surface area contributed by atoms with Crippen LogP contribution in [0.25, 0.3) is 115 Å². The van der Waals surface area contributed by atoms with E-state index in [1.165, 1.54) is 42.0 Å². The van der Waals surface area contributed by atoms with Crippen molar-refractivity contribution < 1.29 is 4.42 Å². The lowest BCUT2D eigenvalue weighted by molar-refractivity contribution is 0.669. The Morgan fingerprint density at radius 1 is 0.351 bits per heavy atom. The van der Waals surface area contributed by atoms with Crippen molar-refractivity contribution in [3.63, 3.8) is 0 Å². The molecule has 0 aliphatic carbocycles. The van der Waals surface area contributed by atoms with E-state index in [0.29, 0.717) is 17.5 Å². The standard InChI is InChI=1S/C51H30N4OS/c1-3-11-31(12-4-1)49-52-50(32-13-5-2-6-14-32)54-51(53-49)35-20-24-40-39-23-19-34(28-45(39)56-46(40)29-35)33-21-25-47-41(27-33)42-30-36(22-26-48(42)57-47)55-43-17-9-7-15-37(43)38-16-8-10-18-44(38)55/h1-30H. The van der Waals surface area contributed by atoms with Gasteiger partial charge in [-0.25, -0.2) is 15.0 Å². The van der Waals surface area contributed by atoms with Crippen LogP contribution in [0.5, 0.6) is 0 Å². The molecular weight excluding hydrogens is 717 g/mol. The van der Waals surface area contributed by atoms with Gasteiger partial charge in [-0.3, -0.25) is 0 Å². The zero-order valence-corrected chi connectivity index (χ0v) is 31.2. The summed E-state index contributed by atoms with van der Waals surface area (Å²) in [6.07, 6.45) is 0. The average molecular weight is 747 g/mol. The van der Waals surface area contributed by atoms with E-state index in [9.17, 15) is 0 Å². The Bertz CT molecular complexity index is 3420. The van der Waals surface area contributed by atoms with Crippen LogP contribution in [-0.2, 0) is 0 Å². The van der Waals surface area contributed by atoms with E-state index < -0.39 is 0 Å². The Kier molecular flexibility index (Phi) is 7.03. The molecule has 266 valence electrons. The van der Waals surface area contributed by atoms with Gasteiger partial charge in [-0.05, 0) is 77.9 Å². The molecule has 4 aromatic heterocycles. The lowest BCUT2D eigenvalue weighted by Gasteiger charge is -2.08. The second-order valence-corrected chi connectivity index (χ2v) is 15.5. The summed E-state index contributed by atoms with van der Waals surface area (Å²) in [5, 5.41) is 7.18. The lowest BCUT2D eigenvalue weighted by atomic mass is 10.0. The van der Waals surface area contributed by atoms with E-state index in [4.69, 9.17) is 19.4 Å². The van der Waals surface area contributed by atoms with Crippen LogP contribution >= 0.6 is 11.3 Å². The second kappa shape index (κ2) is 12.6. The molecule has 0 saturated heterocycles. The molecule has 0 unspecified atom stereocenters. The SMILES string of the molecule is c1ccc(-c2nc(-c3ccccc3)nc(-c3ccc4c(c3)oc3cc(-c5ccc6sc7ccc(-n8c9ccccc9c9ccccc98)cc7c6c5)ccc34)n2)cc1. The summed E-state index contributed by atoms with van der Waals surface area (Å²) >= 11 is 1.84. The normalized spacial score (nSPS) is 11.9. The highest BCUT2D eigenvalue weighted by molar-refractivity contribution is 7.25. The summed E-state index contributed by atoms with van der Waals surface area (Å²) in [5.41, 5.74) is 10.2. The molecule has 8 aromatic carbocycles. The Morgan fingerprint density at radius 2 is 0.825 bits per heavy atom. The molecule has 0 fully saturated rings. The first-order chi connectivity index (χ1) is 28.2. The van der Waals surface area contributed by atoms with E-state index >= 15 is 0 Å². The van der Waals surface area contributed by atoms with Crippen molar-refractivity contribution in [3.05, 3.63) is 182 Å². The zero-order chi connectivity index (χ0) is 37.5. The fraction of sp³-hybridized carbons (Fsp3) is 0. The molecule has 5 nitrogen and oxygen atoms in total. The quantitative estimate of drug-likeness (QED) is 0.176. The Morgan fingerprint density at radius 3 is 1.46 bits per heavy atom. The molecule has 0 bridgehead atoms. The minimum Gasteiger partial charge on any atom is -0.456 e. The Balaban J connectivity index is 0.944. The summed E-state index contributed by atoms with van der Waals surface area (Å²) in [6, 6.07) is 63.9. The van der Waals surface area contributed by atoms with Crippen LogP contribution in [0.2, 0.25) is 0 Å². The minimum absolute atomic E-state index is 0.600. The number of benzene rings is 8. The molecule has 6 heteroatoms. The number of rotatable bonds is 5. The molecule has 0 atom stereocenters. The van der Waals surface area contributed by atoms with E-state index in [2.05, 4.69) is 120 Å². The number of hydrogen-bond donors (Lipinski definition) is 0. The summed E-state index contributed by atoms with van der Waals surface area (Å²) in [6.45, 7) is 0. The fourth-order valence-electron chi connectivity index (χ4n) is 8.32. The van der Waals surface area contributed by atoms with Crippen LogP contribution in [0.1, 0.15) is 0 Å². The monoisotopic (exact) mass is 746 g/mol. The highest BCUT2D eigenvalue weighted by Crippen LogP contribution is 2.41. The molecule has 0 aliphatic heterocycles. The first-order valence-corrected chi connectivity index (χ1v) is 19.8. The number of furan rings is 1. The van der Waals surface area contributed by atoms with Gasteiger partial charge < -0.3 is 8.98 Å². The fourth-order valence-corrected chi connectivity index (χ4v) is 9.38. The third kappa shape index (κ3) is 5.19. The zero-order valence-electron chi connectivity index (χ0n) is 30.4. The number of nitrogens with zero attached hydrogens (tertiary/aromatic N) is 4. The molecule has 0 radical (unpaired) electrons. The predicted molar refractivity (Wildman–Crippen MR) is 236 cm³/mol. The van der Waals surface area contributed by atoms with E-state index in [1.807, 2.05) is 78.1 Å². The third-order valence-corrected chi connectivity index (χ3v) is 12.2. The Hall–Kier alpha value is -7.41. The maximum atomic E-state index is 6.60. The summed E-state index contributed by atoms with van der Waals surface area (Å²) < 4.78 is 11.5. The van der Waals surface area contributed by atoms with Crippen LogP contribution in [0.3, 0.4) is 0 Å². The molecule has 0 saturated carbocycles. The van der Waals surface area contributed by atoms with Gasteiger partial charge in [0.25, 0.3) is 0 Å². The number of fused-ring (bicyclic) bond motifs is 9. The second-order valence-electron chi connectivity index (χ2n) is 14.4. The molecule has 0 spiro atoms. The summed E-state index contributed by atoms with van der Waals surface area (Å²) in [7, 11) is 0.